The standard InChI is InChI=1S/C24H22O2/c1-3-17-15-18(4-2)22(24(26)20-13-9-6-10-14-20)16-21(17)23(25)19-11-7-5-8-12-19/h5-16H,3-4H2,1-2H3. The molecule has 3 rings (SSSR count). The molecule has 0 aliphatic rings. The average Bonchev–Trinajstić information content (AvgIpc) is 2.73. The van der Waals surface area contributed by atoms with Crippen molar-refractivity contribution >= 4 is 11.6 Å². The monoisotopic (exact) mass is 342 g/mol. The second-order valence-corrected chi connectivity index (χ2v) is 6.26. The summed E-state index contributed by atoms with van der Waals surface area (Å²) < 4.78 is 0. The smallest absolute Gasteiger partial charge is 0.193 e. The fraction of sp³-hybridized carbons (Fsp3) is 0.167. The van der Waals surface area contributed by atoms with Gasteiger partial charge in [0, 0.05) is 22.3 Å². The number of benzene rings is 3. The predicted molar refractivity (Wildman–Crippen MR) is 105 cm³/mol. The first-order valence-electron chi connectivity index (χ1n) is 9.01. The highest BCUT2D eigenvalue weighted by atomic mass is 16.1. The van der Waals surface area contributed by atoms with Crippen molar-refractivity contribution in [2.75, 3.05) is 0 Å². The van der Waals surface area contributed by atoms with Gasteiger partial charge in [-0.25, -0.2) is 0 Å². The van der Waals surface area contributed by atoms with Crippen molar-refractivity contribution in [2.45, 2.75) is 26.7 Å². The van der Waals surface area contributed by atoms with Crippen molar-refractivity contribution in [3.8, 4) is 0 Å². The summed E-state index contributed by atoms with van der Waals surface area (Å²) in [5.41, 5.74) is 4.50. The molecular weight excluding hydrogens is 320 g/mol. The summed E-state index contributed by atoms with van der Waals surface area (Å²) in [7, 11) is 0. The molecule has 0 spiro atoms. The van der Waals surface area contributed by atoms with Crippen molar-refractivity contribution in [1.29, 1.82) is 0 Å². The Labute approximate surface area is 154 Å². The van der Waals surface area contributed by atoms with Crippen LogP contribution in [0.2, 0.25) is 0 Å². The number of hydrogen-bond acceptors (Lipinski definition) is 2. The molecule has 0 heterocycles. The van der Waals surface area contributed by atoms with Gasteiger partial charge in [0.1, 0.15) is 0 Å². The van der Waals surface area contributed by atoms with Crippen molar-refractivity contribution < 1.29 is 9.59 Å². The van der Waals surface area contributed by atoms with Crippen LogP contribution in [0.4, 0.5) is 0 Å². The van der Waals surface area contributed by atoms with Crippen LogP contribution in [0.1, 0.15) is 56.8 Å². The van der Waals surface area contributed by atoms with E-state index in [0.29, 0.717) is 22.3 Å². The average molecular weight is 342 g/mol. The summed E-state index contributed by atoms with van der Waals surface area (Å²) in [4.78, 5) is 26.1. The van der Waals surface area contributed by atoms with Crippen LogP contribution in [-0.2, 0) is 12.8 Å². The highest BCUT2D eigenvalue weighted by Crippen LogP contribution is 2.24. The zero-order chi connectivity index (χ0) is 18.5. The van der Waals surface area contributed by atoms with Crippen molar-refractivity contribution in [3.63, 3.8) is 0 Å². The molecule has 0 saturated carbocycles. The maximum Gasteiger partial charge on any atom is 0.193 e. The third kappa shape index (κ3) is 3.50. The number of rotatable bonds is 6. The van der Waals surface area contributed by atoms with E-state index in [1.54, 1.807) is 6.07 Å². The SMILES string of the molecule is CCc1cc(CC)c(C(=O)c2ccccc2)cc1C(=O)c1ccccc1. The summed E-state index contributed by atoms with van der Waals surface area (Å²) in [6.45, 7) is 4.07. The van der Waals surface area contributed by atoms with E-state index in [4.69, 9.17) is 0 Å². The maximum atomic E-state index is 13.0. The summed E-state index contributed by atoms with van der Waals surface area (Å²) in [6.07, 6.45) is 1.50. The van der Waals surface area contributed by atoms with Gasteiger partial charge in [0.25, 0.3) is 0 Å². The van der Waals surface area contributed by atoms with Gasteiger partial charge < -0.3 is 0 Å². The normalized spacial score (nSPS) is 10.5. The molecule has 0 radical (unpaired) electrons. The zero-order valence-corrected chi connectivity index (χ0v) is 15.2. The van der Waals surface area contributed by atoms with Crippen LogP contribution in [0.25, 0.3) is 0 Å². The van der Waals surface area contributed by atoms with Crippen molar-refractivity contribution in [2.24, 2.45) is 0 Å². The summed E-state index contributed by atoms with van der Waals surface area (Å²) in [5, 5.41) is 0. The number of carbonyl (C=O) groups is 2. The molecule has 0 fully saturated rings. The second kappa shape index (κ2) is 7.92. The van der Waals surface area contributed by atoms with Gasteiger partial charge in [-0.3, -0.25) is 9.59 Å². The van der Waals surface area contributed by atoms with Crippen molar-refractivity contribution in [3.05, 3.63) is 106 Å². The first kappa shape index (κ1) is 17.8. The Morgan fingerprint density at radius 3 is 1.35 bits per heavy atom. The van der Waals surface area contributed by atoms with E-state index in [9.17, 15) is 9.59 Å². The lowest BCUT2D eigenvalue weighted by atomic mass is 9.88. The molecule has 130 valence electrons. The molecule has 2 nitrogen and oxygen atoms in total. The lowest BCUT2D eigenvalue weighted by Gasteiger charge is -2.14. The Kier molecular flexibility index (Phi) is 5.43. The van der Waals surface area contributed by atoms with E-state index < -0.39 is 0 Å². The Bertz CT molecular complexity index is 850. The zero-order valence-electron chi connectivity index (χ0n) is 15.2. The molecule has 0 aliphatic heterocycles. The first-order chi connectivity index (χ1) is 12.7. The van der Waals surface area contributed by atoms with Crippen LogP contribution in [0.3, 0.4) is 0 Å². The minimum Gasteiger partial charge on any atom is -0.289 e. The molecule has 26 heavy (non-hydrogen) atoms. The number of hydrogen-bond donors (Lipinski definition) is 0. The highest BCUT2D eigenvalue weighted by Gasteiger charge is 2.20. The number of aryl methyl sites for hydroxylation is 2. The minimum atomic E-state index is -0.0350. The lowest BCUT2D eigenvalue weighted by molar-refractivity contribution is 0.103. The Morgan fingerprint density at radius 2 is 1.00 bits per heavy atom. The molecular formula is C24H22O2. The van der Waals surface area contributed by atoms with Gasteiger partial charge in [0.2, 0.25) is 0 Å². The fourth-order valence-corrected chi connectivity index (χ4v) is 3.19. The molecule has 0 bridgehead atoms. The summed E-state index contributed by atoms with van der Waals surface area (Å²) in [5.74, 6) is -0.0700. The van der Waals surface area contributed by atoms with Crippen LogP contribution in [0, 0.1) is 0 Å². The maximum absolute atomic E-state index is 13.0. The molecule has 0 aliphatic carbocycles. The third-order valence-electron chi connectivity index (χ3n) is 4.65. The molecule has 0 aromatic heterocycles. The van der Waals surface area contributed by atoms with Crippen LogP contribution < -0.4 is 0 Å². The van der Waals surface area contributed by atoms with E-state index in [0.717, 1.165) is 24.0 Å². The van der Waals surface area contributed by atoms with Gasteiger partial charge in [-0.05, 0) is 30.0 Å². The minimum absolute atomic E-state index is 0.0350. The third-order valence-corrected chi connectivity index (χ3v) is 4.65. The van der Waals surface area contributed by atoms with Crippen LogP contribution in [-0.4, -0.2) is 11.6 Å². The Morgan fingerprint density at radius 1 is 0.615 bits per heavy atom. The molecule has 3 aromatic rings. The summed E-state index contributed by atoms with van der Waals surface area (Å²) >= 11 is 0. The largest absolute Gasteiger partial charge is 0.289 e. The van der Waals surface area contributed by atoms with Crippen molar-refractivity contribution in [1.82, 2.24) is 0 Å². The lowest BCUT2D eigenvalue weighted by Crippen LogP contribution is -2.12. The second-order valence-electron chi connectivity index (χ2n) is 6.26. The van der Waals surface area contributed by atoms with Gasteiger partial charge in [0.05, 0.1) is 0 Å². The van der Waals surface area contributed by atoms with E-state index in [1.165, 1.54) is 0 Å². The molecule has 2 heteroatoms. The van der Waals surface area contributed by atoms with Crippen LogP contribution in [0.5, 0.6) is 0 Å². The number of ketones is 2. The van der Waals surface area contributed by atoms with E-state index in [2.05, 4.69) is 0 Å². The Hall–Kier alpha value is -3.00. The molecule has 0 unspecified atom stereocenters. The Balaban J connectivity index is 2.13. The van der Waals surface area contributed by atoms with Gasteiger partial charge in [-0.1, -0.05) is 80.6 Å². The quantitative estimate of drug-likeness (QED) is 0.572. The molecule has 0 N–H and O–H groups in total. The van der Waals surface area contributed by atoms with E-state index in [-0.39, 0.29) is 11.6 Å². The van der Waals surface area contributed by atoms with Gasteiger partial charge in [-0.15, -0.1) is 0 Å². The van der Waals surface area contributed by atoms with Crippen LogP contribution >= 0.6 is 0 Å². The topological polar surface area (TPSA) is 34.1 Å². The molecule has 3 aromatic carbocycles. The molecule has 0 atom stereocenters. The van der Waals surface area contributed by atoms with E-state index in [1.807, 2.05) is 80.6 Å². The predicted octanol–water partition coefficient (Wildman–Crippen LogP) is 5.27. The van der Waals surface area contributed by atoms with E-state index >= 15 is 0 Å². The molecule has 0 amide bonds. The van der Waals surface area contributed by atoms with Gasteiger partial charge in [-0.2, -0.15) is 0 Å². The van der Waals surface area contributed by atoms with Crippen LogP contribution in [0.15, 0.2) is 72.8 Å². The fourth-order valence-electron chi connectivity index (χ4n) is 3.19. The highest BCUT2D eigenvalue weighted by molar-refractivity contribution is 6.14. The van der Waals surface area contributed by atoms with Gasteiger partial charge in [0.15, 0.2) is 11.6 Å². The first-order valence-corrected chi connectivity index (χ1v) is 9.01. The molecule has 0 saturated heterocycles. The summed E-state index contributed by atoms with van der Waals surface area (Å²) in [6, 6.07) is 22.3. The number of carbonyl (C=O) groups excluding carboxylic acids is 2. The van der Waals surface area contributed by atoms with Gasteiger partial charge >= 0.3 is 0 Å².